The number of aliphatic hydroxyl groups excluding tert-OH is 1. The molecular weight excluding hydrogens is 350 g/mol. The lowest BCUT2D eigenvalue weighted by Gasteiger charge is -2.22. The standard InChI is InChI=1S/C22H25N5O/c1-13-21(23)15(12-24-2)11-16(22(13)28)18-4-6-19-20(27-18)5-3-17(26-19)14-7-9-25-10-8-14/h3-6,11-12,14,23-25,28H,7-10H2,1-2H3/b15-12-,23-21?. The number of aliphatic hydroxyl groups is 1. The van der Waals surface area contributed by atoms with E-state index in [4.69, 9.17) is 15.4 Å². The van der Waals surface area contributed by atoms with Gasteiger partial charge in [0.15, 0.2) is 0 Å². The molecule has 4 rings (SSSR count). The number of rotatable bonds is 3. The summed E-state index contributed by atoms with van der Waals surface area (Å²) >= 11 is 0. The summed E-state index contributed by atoms with van der Waals surface area (Å²) in [7, 11) is 1.79. The summed E-state index contributed by atoms with van der Waals surface area (Å²) < 4.78 is 0. The highest BCUT2D eigenvalue weighted by Crippen LogP contribution is 2.32. The number of allylic oxidation sites excluding steroid dienone is 4. The van der Waals surface area contributed by atoms with Gasteiger partial charge in [0.1, 0.15) is 5.76 Å². The van der Waals surface area contributed by atoms with Crippen molar-refractivity contribution in [2.45, 2.75) is 25.7 Å². The molecule has 1 aliphatic heterocycles. The van der Waals surface area contributed by atoms with Gasteiger partial charge < -0.3 is 15.7 Å². The minimum absolute atomic E-state index is 0.101. The number of hydrogen-bond donors (Lipinski definition) is 4. The molecule has 28 heavy (non-hydrogen) atoms. The van der Waals surface area contributed by atoms with Crippen LogP contribution in [0.5, 0.6) is 0 Å². The summed E-state index contributed by atoms with van der Waals surface area (Å²) in [5.41, 5.74) is 5.68. The summed E-state index contributed by atoms with van der Waals surface area (Å²) in [6.45, 7) is 3.83. The molecule has 1 saturated heterocycles. The van der Waals surface area contributed by atoms with Gasteiger partial charge >= 0.3 is 0 Å². The second kappa shape index (κ2) is 7.56. The maximum atomic E-state index is 10.6. The van der Waals surface area contributed by atoms with Gasteiger partial charge in [0.05, 0.1) is 22.4 Å². The van der Waals surface area contributed by atoms with Crippen LogP contribution in [-0.2, 0) is 0 Å². The molecule has 1 fully saturated rings. The molecule has 0 amide bonds. The van der Waals surface area contributed by atoms with Gasteiger partial charge in [0.25, 0.3) is 0 Å². The van der Waals surface area contributed by atoms with Crippen LogP contribution in [0.15, 0.2) is 53.4 Å². The Kier molecular flexibility index (Phi) is 4.96. The third-order valence-electron chi connectivity index (χ3n) is 5.47. The summed E-state index contributed by atoms with van der Waals surface area (Å²) in [4.78, 5) is 9.57. The highest BCUT2D eigenvalue weighted by atomic mass is 16.3. The van der Waals surface area contributed by atoms with Gasteiger partial charge in [-0.3, -0.25) is 10.4 Å². The van der Waals surface area contributed by atoms with Crippen LogP contribution in [0.25, 0.3) is 16.6 Å². The molecule has 1 aliphatic carbocycles. The third-order valence-corrected chi connectivity index (χ3v) is 5.47. The van der Waals surface area contributed by atoms with Gasteiger partial charge in [-0.2, -0.15) is 0 Å². The van der Waals surface area contributed by atoms with E-state index in [1.807, 2.05) is 18.2 Å². The van der Waals surface area contributed by atoms with Crippen LogP contribution in [0.1, 0.15) is 37.1 Å². The number of piperidine rings is 1. The number of nitrogens with zero attached hydrogens (tertiary/aromatic N) is 2. The van der Waals surface area contributed by atoms with E-state index in [1.165, 1.54) is 0 Å². The van der Waals surface area contributed by atoms with Crippen molar-refractivity contribution in [3.8, 4) is 0 Å². The van der Waals surface area contributed by atoms with Crippen molar-refractivity contribution in [2.24, 2.45) is 0 Å². The first-order valence-electron chi connectivity index (χ1n) is 9.66. The fourth-order valence-corrected chi connectivity index (χ4v) is 3.82. The lowest BCUT2D eigenvalue weighted by Crippen LogP contribution is -2.27. The number of aromatic nitrogens is 2. The van der Waals surface area contributed by atoms with E-state index in [2.05, 4.69) is 16.7 Å². The molecule has 0 saturated carbocycles. The van der Waals surface area contributed by atoms with E-state index in [0.717, 1.165) is 42.7 Å². The normalized spacial score (nSPS) is 20.0. The molecule has 3 heterocycles. The first-order chi connectivity index (χ1) is 13.6. The molecule has 6 nitrogen and oxygen atoms in total. The minimum Gasteiger partial charge on any atom is -0.507 e. The van der Waals surface area contributed by atoms with Crippen LogP contribution in [0, 0.1) is 5.41 Å². The fraction of sp³-hybridized carbons (Fsp3) is 0.318. The number of pyridine rings is 2. The molecule has 4 N–H and O–H groups in total. The second-order valence-electron chi connectivity index (χ2n) is 7.29. The highest BCUT2D eigenvalue weighted by molar-refractivity contribution is 6.17. The Morgan fingerprint density at radius 2 is 1.86 bits per heavy atom. The van der Waals surface area contributed by atoms with Crippen molar-refractivity contribution in [1.82, 2.24) is 20.6 Å². The van der Waals surface area contributed by atoms with Crippen molar-refractivity contribution in [2.75, 3.05) is 20.1 Å². The Balaban J connectivity index is 1.72. The van der Waals surface area contributed by atoms with E-state index < -0.39 is 0 Å². The van der Waals surface area contributed by atoms with Gasteiger partial charge in [0.2, 0.25) is 0 Å². The van der Waals surface area contributed by atoms with E-state index >= 15 is 0 Å². The molecule has 6 heteroatoms. The van der Waals surface area contributed by atoms with Crippen LogP contribution in [-0.4, -0.2) is 40.9 Å². The SMILES string of the molecule is CN/C=C1/C=C(c2ccc3nc(C4CCNCC4)ccc3n2)C(O)=C(C)C1=N. The molecule has 2 aromatic heterocycles. The van der Waals surface area contributed by atoms with Gasteiger partial charge in [-0.25, -0.2) is 4.98 Å². The summed E-state index contributed by atoms with van der Waals surface area (Å²) in [6.07, 6.45) is 5.78. The molecule has 0 bridgehead atoms. The van der Waals surface area contributed by atoms with E-state index in [1.54, 1.807) is 26.2 Å². The Labute approximate surface area is 164 Å². The third kappa shape index (κ3) is 3.31. The zero-order chi connectivity index (χ0) is 19.7. The molecule has 2 aromatic rings. The van der Waals surface area contributed by atoms with Crippen LogP contribution in [0.2, 0.25) is 0 Å². The smallest absolute Gasteiger partial charge is 0.130 e. The van der Waals surface area contributed by atoms with Gasteiger partial charge in [0, 0.05) is 41.6 Å². The van der Waals surface area contributed by atoms with E-state index in [-0.39, 0.29) is 5.76 Å². The van der Waals surface area contributed by atoms with Crippen molar-refractivity contribution >= 4 is 22.3 Å². The molecule has 2 aliphatic rings. The van der Waals surface area contributed by atoms with Gasteiger partial charge in [-0.1, -0.05) is 0 Å². The zero-order valence-corrected chi connectivity index (χ0v) is 16.2. The van der Waals surface area contributed by atoms with Crippen LogP contribution >= 0.6 is 0 Å². The number of nitrogens with one attached hydrogen (secondary N) is 3. The second-order valence-corrected chi connectivity index (χ2v) is 7.29. The monoisotopic (exact) mass is 375 g/mol. The topological polar surface area (TPSA) is 93.9 Å². The summed E-state index contributed by atoms with van der Waals surface area (Å²) in [5, 5.41) is 25.1. The van der Waals surface area contributed by atoms with Gasteiger partial charge in [-0.05, 0) is 63.2 Å². The van der Waals surface area contributed by atoms with Crippen molar-refractivity contribution in [3.05, 3.63) is 64.8 Å². The molecule has 144 valence electrons. The lowest BCUT2D eigenvalue weighted by molar-refractivity contribution is 0.433. The fourth-order valence-electron chi connectivity index (χ4n) is 3.82. The molecule has 0 aromatic carbocycles. The van der Waals surface area contributed by atoms with Crippen LogP contribution in [0.3, 0.4) is 0 Å². The highest BCUT2D eigenvalue weighted by Gasteiger charge is 2.22. The quantitative estimate of drug-likeness (QED) is 0.659. The molecule has 0 radical (unpaired) electrons. The molecular formula is C22H25N5O. The first kappa shape index (κ1) is 18.4. The zero-order valence-electron chi connectivity index (χ0n) is 16.2. The predicted octanol–water partition coefficient (Wildman–Crippen LogP) is 3.45. The average molecular weight is 375 g/mol. The van der Waals surface area contributed by atoms with Gasteiger partial charge in [-0.15, -0.1) is 0 Å². The average Bonchev–Trinajstić information content (AvgIpc) is 2.74. The van der Waals surface area contributed by atoms with Crippen molar-refractivity contribution in [1.29, 1.82) is 5.41 Å². The van der Waals surface area contributed by atoms with E-state index in [9.17, 15) is 5.11 Å². The van der Waals surface area contributed by atoms with Crippen molar-refractivity contribution < 1.29 is 5.11 Å². The first-order valence-corrected chi connectivity index (χ1v) is 9.66. The Morgan fingerprint density at radius 3 is 2.61 bits per heavy atom. The van der Waals surface area contributed by atoms with Crippen LogP contribution in [0.4, 0.5) is 0 Å². The van der Waals surface area contributed by atoms with Crippen LogP contribution < -0.4 is 10.6 Å². The Hall–Kier alpha value is -2.99. The maximum Gasteiger partial charge on any atom is 0.130 e. The maximum absolute atomic E-state index is 10.6. The number of fused-ring (bicyclic) bond motifs is 1. The Bertz CT molecular complexity index is 1030. The molecule has 0 atom stereocenters. The molecule has 0 spiro atoms. The number of hydrogen-bond acceptors (Lipinski definition) is 6. The largest absolute Gasteiger partial charge is 0.507 e. The van der Waals surface area contributed by atoms with E-state index in [0.29, 0.717) is 34.0 Å². The summed E-state index contributed by atoms with van der Waals surface area (Å²) in [6, 6.07) is 7.95. The lowest BCUT2D eigenvalue weighted by atomic mass is 9.91. The minimum atomic E-state index is 0.101. The predicted molar refractivity (Wildman–Crippen MR) is 113 cm³/mol. The molecule has 0 unspecified atom stereocenters. The van der Waals surface area contributed by atoms with Crippen molar-refractivity contribution in [3.63, 3.8) is 0 Å². The Morgan fingerprint density at radius 1 is 1.14 bits per heavy atom. The summed E-state index contributed by atoms with van der Waals surface area (Å²) in [5.74, 6) is 0.602.